The van der Waals surface area contributed by atoms with Gasteiger partial charge in [-0.3, -0.25) is 0 Å². The summed E-state index contributed by atoms with van der Waals surface area (Å²) in [6.07, 6.45) is 0. The molecule has 0 aliphatic heterocycles. The zero-order valence-corrected chi connectivity index (χ0v) is 8.73. The van der Waals surface area contributed by atoms with E-state index in [1.54, 1.807) is 12.1 Å². The Balaban J connectivity index is 2.89. The molecule has 0 saturated carbocycles. The van der Waals surface area contributed by atoms with E-state index < -0.39 is 0 Å². The van der Waals surface area contributed by atoms with E-state index in [-0.39, 0.29) is 0 Å². The van der Waals surface area contributed by atoms with E-state index >= 15 is 0 Å². The van der Waals surface area contributed by atoms with Crippen molar-refractivity contribution in [3.05, 3.63) is 26.6 Å². The Morgan fingerprint density at radius 2 is 1.92 bits per heavy atom. The molecule has 0 atom stereocenters. The number of nitrogens with zero attached hydrogens (tertiary/aromatic N) is 1. The van der Waals surface area contributed by atoms with Gasteiger partial charge in [-0.1, -0.05) is 34.8 Å². The standard InChI is InChI=1S/C7H2Cl3NS/c8-3-1-2-4-6(5(3)9)12-7(10)11-4/h1-2H. The Morgan fingerprint density at radius 3 is 2.67 bits per heavy atom. The Kier molecular flexibility index (Phi) is 2.17. The number of thiazole rings is 1. The van der Waals surface area contributed by atoms with Crippen LogP contribution in [0.25, 0.3) is 10.2 Å². The fourth-order valence-corrected chi connectivity index (χ4v) is 2.45. The molecule has 0 radical (unpaired) electrons. The Morgan fingerprint density at radius 1 is 1.17 bits per heavy atom. The Labute approximate surface area is 87.9 Å². The minimum absolute atomic E-state index is 0.481. The van der Waals surface area contributed by atoms with Gasteiger partial charge in [0.1, 0.15) is 0 Å². The first kappa shape index (κ1) is 8.57. The highest BCUT2D eigenvalue weighted by molar-refractivity contribution is 7.22. The molecule has 0 aliphatic carbocycles. The van der Waals surface area contributed by atoms with Gasteiger partial charge in [-0.15, -0.1) is 11.3 Å². The summed E-state index contributed by atoms with van der Waals surface area (Å²) in [5.41, 5.74) is 0.791. The molecule has 0 aliphatic rings. The maximum Gasteiger partial charge on any atom is 0.184 e. The molecule has 0 N–H and O–H groups in total. The Bertz CT molecular complexity index is 437. The van der Waals surface area contributed by atoms with Crippen LogP contribution in [0.1, 0.15) is 0 Å². The third-order valence-electron chi connectivity index (χ3n) is 1.42. The smallest absolute Gasteiger partial charge is 0.184 e. The highest BCUT2D eigenvalue weighted by Gasteiger charge is 2.07. The van der Waals surface area contributed by atoms with E-state index in [0.29, 0.717) is 14.5 Å². The number of hydrogen-bond acceptors (Lipinski definition) is 2. The summed E-state index contributed by atoms with van der Waals surface area (Å²) < 4.78 is 1.32. The molecule has 0 spiro atoms. The van der Waals surface area contributed by atoms with Gasteiger partial charge < -0.3 is 0 Å². The van der Waals surface area contributed by atoms with Crippen LogP contribution in [0.15, 0.2) is 12.1 Å². The number of rotatable bonds is 0. The second-order valence-electron chi connectivity index (χ2n) is 2.18. The number of hydrogen-bond donors (Lipinski definition) is 0. The fraction of sp³-hybridized carbons (Fsp3) is 0. The van der Waals surface area contributed by atoms with Crippen molar-refractivity contribution in [2.75, 3.05) is 0 Å². The van der Waals surface area contributed by atoms with Crippen LogP contribution in [0, 0.1) is 0 Å². The third kappa shape index (κ3) is 1.29. The maximum atomic E-state index is 5.92. The molecule has 0 saturated heterocycles. The second kappa shape index (κ2) is 3.04. The third-order valence-corrected chi connectivity index (χ3v) is 3.53. The van der Waals surface area contributed by atoms with Crippen LogP contribution in [0.4, 0.5) is 0 Å². The molecule has 1 aromatic carbocycles. The summed E-state index contributed by atoms with van der Waals surface area (Å²) in [7, 11) is 0. The Hall–Kier alpha value is -0.0200. The van der Waals surface area contributed by atoms with Crippen LogP contribution < -0.4 is 0 Å². The fourth-order valence-electron chi connectivity index (χ4n) is 0.909. The highest BCUT2D eigenvalue weighted by Crippen LogP contribution is 2.35. The van der Waals surface area contributed by atoms with Crippen molar-refractivity contribution in [3.63, 3.8) is 0 Å². The minimum Gasteiger partial charge on any atom is -0.225 e. The lowest BCUT2D eigenvalue weighted by molar-refractivity contribution is 1.50. The van der Waals surface area contributed by atoms with Crippen LogP contribution in [0.5, 0.6) is 0 Å². The van der Waals surface area contributed by atoms with Gasteiger partial charge in [-0.2, -0.15) is 0 Å². The lowest BCUT2D eigenvalue weighted by Crippen LogP contribution is -1.69. The normalized spacial score (nSPS) is 10.9. The van der Waals surface area contributed by atoms with Crippen molar-refractivity contribution in [2.45, 2.75) is 0 Å². The van der Waals surface area contributed by atoms with Gasteiger partial charge in [-0.05, 0) is 12.1 Å². The van der Waals surface area contributed by atoms with Crippen molar-refractivity contribution >= 4 is 56.4 Å². The molecular formula is C7H2Cl3NS. The van der Waals surface area contributed by atoms with Crippen molar-refractivity contribution in [1.29, 1.82) is 0 Å². The summed E-state index contributed by atoms with van der Waals surface area (Å²) in [5.74, 6) is 0. The molecule has 0 unspecified atom stereocenters. The van der Waals surface area contributed by atoms with E-state index in [2.05, 4.69) is 4.98 Å². The number of benzene rings is 1. The average Bonchev–Trinajstić information content (AvgIpc) is 2.39. The molecule has 1 aromatic heterocycles. The van der Waals surface area contributed by atoms with E-state index in [1.165, 1.54) is 11.3 Å². The molecular weight excluding hydrogens is 237 g/mol. The van der Waals surface area contributed by atoms with E-state index in [9.17, 15) is 0 Å². The molecule has 2 aromatic rings. The van der Waals surface area contributed by atoms with Crippen molar-refractivity contribution in [1.82, 2.24) is 4.98 Å². The first-order valence-corrected chi connectivity index (χ1v) is 5.03. The molecule has 1 heterocycles. The predicted octanol–water partition coefficient (Wildman–Crippen LogP) is 4.26. The molecule has 0 amide bonds. The first-order valence-electron chi connectivity index (χ1n) is 3.08. The summed E-state index contributed by atoms with van der Waals surface area (Å²) >= 11 is 18.8. The van der Waals surface area contributed by atoms with Crippen LogP contribution in [0.2, 0.25) is 14.5 Å². The SMILES string of the molecule is Clc1nc2ccc(Cl)c(Cl)c2s1. The zero-order chi connectivity index (χ0) is 8.72. The summed E-state index contributed by atoms with van der Waals surface area (Å²) in [4.78, 5) is 4.06. The molecule has 2 rings (SSSR count). The van der Waals surface area contributed by atoms with Crippen LogP contribution >= 0.6 is 46.1 Å². The highest BCUT2D eigenvalue weighted by atomic mass is 35.5. The van der Waals surface area contributed by atoms with Gasteiger partial charge in [0.05, 0.1) is 20.3 Å². The van der Waals surface area contributed by atoms with Crippen molar-refractivity contribution in [2.24, 2.45) is 0 Å². The van der Waals surface area contributed by atoms with Gasteiger partial charge in [0, 0.05) is 0 Å². The number of fused-ring (bicyclic) bond motifs is 1. The molecule has 62 valence electrons. The van der Waals surface area contributed by atoms with Crippen LogP contribution in [-0.2, 0) is 0 Å². The van der Waals surface area contributed by atoms with Crippen LogP contribution in [0.3, 0.4) is 0 Å². The van der Waals surface area contributed by atoms with Crippen molar-refractivity contribution in [3.8, 4) is 0 Å². The monoisotopic (exact) mass is 237 g/mol. The zero-order valence-electron chi connectivity index (χ0n) is 5.64. The van der Waals surface area contributed by atoms with Gasteiger partial charge in [0.15, 0.2) is 4.47 Å². The average molecular weight is 239 g/mol. The lowest BCUT2D eigenvalue weighted by atomic mass is 10.3. The summed E-state index contributed by atoms with van der Waals surface area (Å²) in [5, 5.41) is 1.06. The van der Waals surface area contributed by atoms with Gasteiger partial charge in [0.25, 0.3) is 0 Å². The summed E-state index contributed by atoms with van der Waals surface area (Å²) in [6.45, 7) is 0. The topological polar surface area (TPSA) is 12.9 Å². The molecule has 12 heavy (non-hydrogen) atoms. The lowest BCUT2D eigenvalue weighted by Gasteiger charge is -1.93. The summed E-state index contributed by atoms with van der Waals surface area (Å²) in [6, 6.07) is 3.51. The van der Waals surface area contributed by atoms with E-state index in [4.69, 9.17) is 34.8 Å². The van der Waals surface area contributed by atoms with Gasteiger partial charge in [-0.25, -0.2) is 4.98 Å². The number of aromatic nitrogens is 1. The van der Waals surface area contributed by atoms with Crippen LogP contribution in [-0.4, -0.2) is 4.98 Å². The number of halogens is 3. The molecule has 5 heteroatoms. The first-order chi connectivity index (χ1) is 5.68. The maximum absolute atomic E-state index is 5.92. The molecule has 1 nitrogen and oxygen atoms in total. The van der Waals surface area contributed by atoms with Crippen molar-refractivity contribution < 1.29 is 0 Å². The second-order valence-corrected chi connectivity index (χ2v) is 4.54. The predicted molar refractivity (Wildman–Crippen MR) is 54.7 cm³/mol. The van der Waals surface area contributed by atoms with Gasteiger partial charge >= 0.3 is 0 Å². The van der Waals surface area contributed by atoms with E-state index in [0.717, 1.165) is 10.2 Å². The van der Waals surface area contributed by atoms with E-state index in [1.807, 2.05) is 0 Å². The molecule has 0 bridgehead atoms. The quantitative estimate of drug-likeness (QED) is 0.668. The van der Waals surface area contributed by atoms with Gasteiger partial charge in [0.2, 0.25) is 0 Å². The largest absolute Gasteiger partial charge is 0.225 e. The minimum atomic E-state index is 0.481. The molecule has 0 fully saturated rings.